The van der Waals surface area contributed by atoms with Crippen LogP contribution in [-0.2, 0) is 0 Å². The summed E-state index contributed by atoms with van der Waals surface area (Å²) in [4.78, 5) is 34.9. The van der Waals surface area contributed by atoms with E-state index in [2.05, 4.69) is 20.3 Å². The normalized spacial score (nSPS) is 12.0. The van der Waals surface area contributed by atoms with E-state index in [1.165, 1.54) is 0 Å². The third kappa shape index (κ3) is 4.46. The average Bonchev–Trinajstić information content (AvgIpc) is 2.63. The summed E-state index contributed by atoms with van der Waals surface area (Å²) >= 11 is 0. The summed E-state index contributed by atoms with van der Waals surface area (Å²) in [5.41, 5.74) is 0.749. The van der Waals surface area contributed by atoms with Crippen LogP contribution in [0.5, 0.6) is 11.5 Å². The van der Waals surface area contributed by atoms with Gasteiger partial charge in [0.05, 0.1) is 12.2 Å². The molecule has 28 heavy (non-hydrogen) atoms. The lowest BCUT2D eigenvalue weighted by atomic mass is 10.1. The summed E-state index contributed by atoms with van der Waals surface area (Å²) in [6, 6.07) is 10.8. The molecule has 0 spiro atoms. The van der Waals surface area contributed by atoms with E-state index in [1.54, 1.807) is 20.0 Å². The van der Waals surface area contributed by atoms with Gasteiger partial charge in [0.2, 0.25) is 5.95 Å². The summed E-state index contributed by atoms with van der Waals surface area (Å²) in [6.45, 7) is 7.32. The molecule has 0 saturated carbocycles. The van der Waals surface area contributed by atoms with E-state index in [4.69, 9.17) is 4.74 Å². The highest BCUT2D eigenvalue weighted by Gasteiger charge is 2.12. The Kier molecular flexibility index (Phi) is 5.58. The van der Waals surface area contributed by atoms with Crippen LogP contribution in [0.1, 0.15) is 44.1 Å². The highest BCUT2D eigenvalue weighted by Crippen LogP contribution is 2.25. The fraction of sp³-hybridized carbons (Fsp3) is 0.300. The number of pyridine rings is 1. The number of ether oxygens (including phenoxy) is 1. The Morgan fingerprint density at radius 1 is 1.11 bits per heavy atom. The zero-order valence-corrected chi connectivity index (χ0v) is 16.3. The molecule has 0 bridgehead atoms. The second-order valence-corrected chi connectivity index (χ2v) is 6.81. The van der Waals surface area contributed by atoms with Crippen LogP contribution in [0.2, 0.25) is 0 Å². The second kappa shape index (κ2) is 8.08. The molecule has 1 aromatic carbocycles. The zero-order valence-electron chi connectivity index (χ0n) is 16.3. The molecule has 0 saturated heterocycles. The van der Waals surface area contributed by atoms with Crippen LogP contribution in [0, 0.1) is 6.92 Å². The number of hydrogen-bond donors (Lipinski definition) is 2. The summed E-state index contributed by atoms with van der Waals surface area (Å²) in [7, 11) is 0. The maximum Gasteiger partial charge on any atom is 0.355 e. The number of rotatable bonds is 6. The molecule has 0 radical (unpaired) electrons. The van der Waals surface area contributed by atoms with Gasteiger partial charge in [0, 0.05) is 11.7 Å². The molecular weight excluding hydrogens is 358 g/mol. The number of anilines is 1. The van der Waals surface area contributed by atoms with Crippen LogP contribution >= 0.6 is 0 Å². The smallest absolute Gasteiger partial charge is 0.355 e. The Labute approximate surface area is 162 Å². The van der Waals surface area contributed by atoms with Gasteiger partial charge in [-0.15, -0.1) is 0 Å². The largest absolute Gasteiger partial charge is 0.456 e. The molecule has 8 nitrogen and oxygen atoms in total. The summed E-state index contributed by atoms with van der Waals surface area (Å²) in [6.07, 6.45) is 1.67. The minimum absolute atomic E-state index is 0.133. The minimum Gasteiger partial charge on any atom is -0.456 e. The quantitative estimate of drug-likeness (QED) is 0.680. The van der Waals surface area contributed by atoms with Crippen molar-refractivity contribution >= 4 is 5.95 Å². The number of aryl methyl sites for hydroxylation is 1. The number of H-pyrrole nitrogens is 1. The lowest BCUT2D eigenvalue weighted by Gasteiger charge is -2.16. The van der Waals surface area contributed by atoms with Gasteiger partial charge in [-0.3, -0.25) is 9.97 Å². The van der Waals surface area contributed by atoms with E-state index in [-0.39, 0.29) is 18.0 Å². The Bertz CT molecular complexity index is 1040. The number of aromatic amines is 1. The van der Waals surface area contributed by atoms with E-state index < -0.39 is 11.4 Å². The summed E-state index contributed by atoms with van der Waals surface area (Å²) in [5.74, 6) is 1.44. The first-order valence-corrected chi connectivity index (χ1v) is 9.03. The first-order chi connectivity index (χ1) is 13.3. The maximum absolute atomic E-state index is 12.1. The van der Waals surface area contributed by atoms with Gasteiger partial charge < -0.3 is 10.1 Å². The van der Waals surface area contributed by atoms with Gasteiger partial charge in [-0.2, -0.15) is 4.98 Å². The van der Waals surface area contributed by atoms with Gasteiger partial charge in [-0.05, 0) is 57.5 Å². The number of hydrogen-bond acceptors (Lipinski definition) is 6. The molecule has 2 aromatic heterocycles. The van der Waals surface area contributed by atoms with Crippen LogP contribution in [0.4, 0.5) is 5.95 Å². The zero-order chi connectivity index (χ0) is 20.3. The molecule has 1 atom stereocenters. The van der Waals surface area contributed by atoms with Crippen molar-refractivity contribution in [2.45, 2.75) is 39.8 Å². The number of nitrogens with one attached hydrogen (secondary N) is 2. The van der Waals surface area contributed by atoms with E-state index in [9.17, 15) is 9.59 Å². The molecule has 3 aromatic rings. The first-order valence-electron chi connectivity index (χ1n) is 9.03. The molecule has 0 unspecified atom stereocenters. The highest BCUT2D eigenvalue weighted by molar-refractivity contribution is 5.37. The Morgan fingerprint density at radius 3 is 2.54 bits per heavy atom. The molecule has 0 aliphatic heterocycles. The van der Waals surface area contributed by atoms with Crippen LogP contribution in [0.15, 0.2) is 52.2 Å². The number of benzene rings is 1. The van der Waals surface area contributed by atoms with Crippen LogP contribution < -0.4 is 21.4 Å². The van der Waals surface area contributed by atoms with Crippen molar-refractivity contribution in [3.05, 3.63) is 74.8 Å². The fourth-order valence-corrected chi connectivity index (χ4v) is 2.74. The average molecular weight is 381 g/mol. The standard InChI is InChI=1S/C20H23N5O3/c1-12(2)25-19(26)23-18(24-20(25)27)22-14(4)15-6-5-7-16(10-15)28-17-9-8-13(3)21-11-17/h5-12,14H,1-4H3,(H2,22,23,24,26,27)/t14-/m0/s1. The van der Waals surface area contributed by atoms with E-state index in [0.717, 1.165) is 15.8 Å². The maximum atomic E-state index is 12.1. The van der Waals surface area contributed by atoms with Gasteiger partial charge in [0.25, 0.3) is 0 Å². The predicted molar refractivity (Wildman–Crippen MR) is 107 cm³/mol. The van der Waals surface area contributed by atoms with Crippen LogP contribution in [0.3, 0.4) is 0 Å². The van der Waals surface area contributed by atoms with Gasteiger partial charge in [0.15, 0.2) is 0 Å². The molecular formula is C20H23N5O3. The lowest BCUT2D eigenvalue weighted by molar-refractivity contribution is 0.479. The Balaban J connectivity index is 1.78. The molecule has 0 fully saturated rings. The van der Waals surface area contributed by atoms with Gasteiger partial charge in [-0.25, -0.2) is 14.2 Å². The van der Waals surface area contributed by atoms with Crippen molar-refractivity contribution in [2.24, 2.45) is 0 Å². The van der Waals surface area contributed by atoms with Crippen molar-refractivity contribution < 1.29 is 4.74 Å². The Morgan fingerprint density at radius 2 is 1.89 bits per heavy atom. The molecule has 2 N–H and O–H groups in total. The van der Waals surface area contributed by atoms with E-state index >= 15 is 0 Å². The monoisotopic (exact) mass is 381 g/mol. The molecule has 0 aliphatic carbocycles. The molecule has 3 rings (SSSR count). The minimum atomic E-state index is -0.586. The second-order valence-electron chi connectivity index (χ2n) is 6.81. The van der Waals surface area contributed by atoms with Crippen molar-refractivity contribution in [1.29, 1.82) is 0 Å². The predicted octanol–water partition coefficient (Wildman–Crippen LogP) is 3.18. The van der Waals surface area contributed by atoms with Gasteiger partial charge in [-0.1, -0.05) is 12.1 Å². The SMILES string of the molecule is Cc1ccc(Oc2cccc([C@H](C)Nc3nc(=O)n(C(C)C)c(=O)[nH]3)c2)cn1. The molecule has 8 heteroatoms. The van der Waals surface area contributed by atoms with Gasteiger partial charge in [0.1, 0.15) is 11.5 Å². The van der Waals surface area contributed by atoms with Crippen molar-refractivity contribution in [3.8, 4) is 11.5 Å². The topological polar surface area (TPSA) is 102 Å². The highest BCUT2D eigenvalue weighted by atomic mass is 16.5. The Hall–Kier alpha value is -3.42. The first kappa shape index (κ1) is 19.3. The van der Waals surface area contributed by atoms with Crippen LogP contribution in [-0.4, -0.2) is 19.5 Å². The molecule has 0 aliphatic rings. The number of aromatic nitrogens is 4. The van der Waals surface area contributed by atoms with Crippen LogP contribution in [0.25, 0.3) is 0 Å². The van der Waals surface area contributed by atoms with Crippen molar-refractivity contribution in [2.75, 3.05) is 5.32 Å². The molecule has 2 heterocycles. The molecule has 0 amide bonds. The summed E-state index contributed by atoms with van der Waals surface area (Å²) < 4.78 is 6.91. The number of nitrogens with zero attached hydrogens (tertiary/aromatic N) is 3. The summed E-state index contributed by atoms with van der Waals surface area (Å²) in [5, 5.41) is 3.06. The van der Waals surface area contributed by atoms with Crippen molar-refractivity contribution in [3.63, 3.8) is 0 Å². The lowest BCUT2D eigenvalue weighted by Crippen LogP contribution is -2.39. The van der Waals surface area contributed by atoms with Gasteiger partial charge >= 0.3 is 11.4 Å². The van der Waals surface area contributed by atoms with Crippen molar-refractivity contribution in [1.82, 2.24) is 19.5 Å². The van der Waals surface area contributed by atoms with E-state index in [1.807, 2.05) is 50.2 Å². The third-order valence-electron chi connectivity index (χ3n) is 4.21. The third-order valence-corrected chi connectivity index (χ3v) is 4.21. The fourth-order valence-electron chi connectivity index (χ4n) is 2.74. The molecule has 146 valence electrons. The van der Waals surface area contributed by atoms with E-state index in [0.29, 0.717) is 11.5 Å².